The summed E-state index contributed by atoms with van der Waals surface area (Å²) in [5, 5.41) is 11.3. The van der Waals surface area contributed by atoms with Crippen LogP contribution in [0, 0.1) is 5.92 Å². The minimum absolute atomic E-state index is 0.652. The summed E-state index contributed by atoms with van der Waals surface area (Å²) in [6, 6.07) is 0. The Bertz CT molecular complexity index is 368. The summed E-state index contributed by atoms with van der Waals surface area (Å²) in [5.74, 6) is 2.35. The van der Waals surface area contributed by atoms with Gasteiger partial charge in [0.05, 0.1) is 6.20 Å². The van der Waals surface area contributed by atoms with Gasteiger partial charge in [0.2, 0.25) is 5.95 Å². The zero-order chi connectivity index (χ0) is 12.8. The second kappa shape index (κ2) is 6.52. The topological polar surface area (TPSA) is 53.9 Å². The molecule has 2 rings (SSSR count). The summed E-state index contributed by atoms with van der Waals surface area (Å²) < 4.78 is 0. The standard InChI is InChI=1S/C13H23N5/c1-3-4-7-14-13-16-12(9-15-17-13)18-8-5-6-11(2)10-18/h9,11H,3-8,10H2,1-2H3,(H,14,16,17). The van der Waals surface area contributed by atoms with Crippen molar-refractivity contribution >= 4 is 11.8 Å². The van der Waals surface area contributed by atoms with Gasteiger partial charge in [-0.1, -0.05) is 20.3 Å². The van der Waals surface area contributed by atoms with Crippen LogP contribution in [0.4, 0.5) is 11.8 Å². The van der Waals surface area contributed by atoms with E-state index in [1.165, 1.54) is 19.3 Å². The van der Waals surface area contributed by atoms with Crippen LogP contribution in [0.15, 0.2) is 6.20 Å². The molecule has 0 aromatic carbocycles. The smallest absolute Gasteiger partial charge is 0.244 e. The summed E-state index contributed by atoms with van der Waals surface area (Å²) in [6.07, 6.45) is 6.63. The summed E-state index contributed by atoms with van der Waals surface area (Å²) in [4.78, 5) is 6.86. The number of nitrogens with one attached hydrogen (secondary N) is 1. The average Bonchev–Trinajstić information content (AvgIpc) is 2.39. The number of aromatic nitrogens is 3. The van der Waals surface area contributed by atoms with Gasteiger partial charge >= 0.3 is 0 Å². The van der Waals surface area contributed by atoms with Gasteiger partial charge in [-0.25, -0.2) is 0 Å². The van der Waals surface area contributed by atoms with E-state index in [1.54, 1.807) is 6.20 Å². The lowest BCUT2D eigenvalue weighted by molar-refractivity contribution is 0.444. The van der Waals surface area contributed by atoms with Crippen LogP contribution in [-0.4, -0.2) is 34.8 Å². The molecule has 1 atom stereocenters. The SMILES string of the molecule is CCCCNc1nncc(N2CCCC(C)C2)n1. The number of hydrogen-bond donors (Lipinski definition) is 1. The van der Waals surface area contributed by atoms with Crippen molar-refractivity contribution < 1.29 is 0 Å². The van der Waals surface area contributed by atoms with Crippen molar-refractivity contribution in [3.8, 4) is 0 Å². The van der Waals surface area contributed by atoms with Crippen LogP contribution >= 0.6 is 0 Å². The summed E-state index contributed by atoms with van der Waals surface area (Å²) in [7, 11) is 0. The van der Waals surface area contributed by atoms with Crippen molar-refractivity contribution in [1.29, 1.82) is 0 Å². The van der Waals surface area contributed by atoms with Crippen molar-refractivity contribution in [3.05, 3.63) is 6.20 Å². The Labute approximate surface area is 109 Å². The molecule has 1 aliphatic heterocycles. The van der Waals surface area contributed by atoms with Crippen LogP contribution in [-0.2, 0) is 0 Å². The predicted octanol–water partition coefficient (Wildman–Crippen LogP) is 2.32. The molecule has 0 radical (unpaired) electrons. The third kappa shape index (κ3) is 3.55. The van der Waals surface area contributed by atoms with Gasteiger partial charge in [0, 0.05) is 19.6 Å². The van der Waals surface area contributed by atoms with Gasteiger partial charge in [-0.15, -0.1) is 5.10 Å². The third-order valence-corrected chi connectivity index (χ3v) is 3.34. The number of nitrogens with zero attached hydrogens (tertiary/aromatic N) is 4. The number of unbranched alkanes of at least 4 members (excludes halogenated alkanes) is 1. The van der Waals surface area contributed by atoms with Gasteiger partial charge in [0.25, 0.3) is 0 Å². The monoisotopic (exact) mass is 249 g/mol. The lowest BCUT2D eigenvalue weighted by Crippen LogP contribution is -2.35. The van der Waals surface area contributed by atoms with Gasteiger partial charge in [0.15, 0.2) is 5.82 Å². The van der Waals surface area contributed by atoms with Crippen LogP contribution in [0.2, 0.25) is 0 Å². The first-order chi connectivity index (χ1) is 8.79. The molecule has 2 heterocycles. The number of rotatable bonds is 5. The van der Waals surface area contributed by atoms with Crippen LogP contribution in [0.5, 0.6) is 0 Å². The van der Waals surface area contributed by atoms with Crippen molar-refractivity contribution in [2.75, 3.05) is 29.9 Å². The first kappa shape index (κ1) is 13.1. The maximum atomic E-state index is 4.54. The molecule has 0 aliphatic carbocycles. The summed E-state index contributed by atoms with van der Waals surface area (Å²) >= 11 is 0. The molecule has 5 nitrogen and oxygen atoms in total. The fraction of sp³-hybridized carbons (Fsp3) is 0.769. The fourth-order valence-electron chi connectivity index (χ4n) is 2.30. The van der Waals surface area contributed by atoms with Crippen molar-refractivity contribution in [2.24, 2.45) is 5.92 Å². The van der Waals surface area contributed by atoms with E-state index in [0.29, 0.717) is 5.95 Å². The van der Waals surface area contributed by atoms with Gasteiger partial charge in [-0.3, -0.25) is 0 Å². The van der Waals surface area contributed by atoms with Gasteiger partial charge < -0.3 is 10.2 Å². The second-order valence-electron chi connectivity index (χ2n) is 5.11. The Morgan fingerprint density at radius 1 is 1.50 bits per heavy atom. The molecule has 1 aromatic heterocycles. The van der Waals surface area contributed by atoms with Crippen molar-refractivity contribution in [3.63, 3.8) is 0 Å². The number of anilines is 2. The average molecular weight is 249 g/mol. The van der Waals surface area contributed by atoms with Crippen molar-refractivity contribution in [2.45, 2.75) is 39.5 Å². The van der Waals surface area contributed by atoms with E-state index < -0.39 is 0 Å². The fourth-order valence-corrected chi connectivity index (χ4v) is 2.30. The highest BCUT2D eigenvalue weighted by Crippen LogP contribution is 2.20. The lowest BCUT2D eigenvalue weighted by Gasteiger charge is -2.31. The Kier molecular flexibility index (Phi) is 4.73. The highest BCUT2D eigenvalue weighted by atomic mass is 15.3. The first-order valence-corrected chi connectivity index (χ1v) is 6.98. The van der Waals surface area contributed by atoms with Gasteiger partial charge in [0.1, 0.15) is 0 Å². The second-order valence-corrected chi connectivity index (χ2v) is 5.11. The Hall–Kier alpha value is -1.39. The minimum atomic E-state index is 0.652. The third-order valence-electron chi connectivity index (χ3n) is 3.34. The number of piperidine rings is 1. The molecule has 0 bridgehead atoms. The van der Waals surface area contributed by atoms with Gasteiger partial charge in [-0.05, 0) is 25.2 Å². The molecule has 100 valence electrons. The molecule has 1 saturated heterocycles. The normalized spacial score (nSPS) is 19.9. The minimum Gasteiger partial charge on any atom is -0.355 e. The molecule has 5 heteroatoms. The van der Waals surface area contributed by atoms with Crippen LogP contribution < -0.4 is 10.2 Å². The van der Waals surface area contributed by atoms with E-state index in [1.807, 2.05) is 0 Å². The Morgan fingerprint density at radius 2 is 2.39 bits per heavy atom. The van der Waals surface area contributed by atoms with Crippen LogP contribution in [0.3, 0.4) is 0 Å². The highest BCUT2D eigenvalue weighted by molar-refractivity contribution is 5.40. The molecule has 1 N–H and O–H groups in total. The molecule has 0 amide bonds. The van der Waals surface area contributed by atoms with E-state index in [-0.39, 0.29) is 0 Å². The summed E-state index contributed by atoms with van der Waals surface area (Å²) in [5.41, 5.74) is 0. The van der Waals surface area contributed by atoms with E-state index in [0.717, 1.165) is 37.8 Å². The Balaban J connectivity index is 1.97. The van der Waals surface area contributed by atoms with Gasteiger partial charge in [-0.2, -0.15) is 10.1 Å². The van der Waals surface area contributed by atoms with Crippen LogP contribution in [0.25, 0.3) is 0 Å². The molecule has 1 unspecified atom stereocenters. The van der Waals surface area contributed by atoms with E-state index in [2.05, 4.69) is 39.2 Å². The molecular formula is C13H23N5. The van der Waals surface area contributed by atoms with E-state index in [4.69, 9.17) is 0 Å². The first-order valence-electron chi connectivity index (χ1n) is 6.98. The summed E-state index contributed by atoms with van der Waals surface area (Å²) in [6.45, 7) is 7.54. The molecular weight excluding hydrogens is 226 g/mol. The number of hydrogen-bond acceptors (Lipinski definition) is 5. The molecule has 1 aliphatic rings. The molecule has 18 heavy (non-hydrogen) atoms. The molecule has 1 aromatic rings. The zero-order valence-corrected chi connectivity index (χ0v) is 11.4. The largest absolute Gasteiger partial charge is 0.355 e. The van der Waals surface area contributed by atoms with E-state index in [9.17, 15) is 0 Å². The molecule has 0 saturated carbocycles. The molecule has 1 fully saturated rings. The quantitative estimate of drug-likeness (QED) is 0.812. The molecule has 0 spiro atoms. The maximum absolute atomic E-state index is 4.54. The van der Waals surface area contributed by atoms with Crippen LogP contribution in [0.1, 0.15) is 39.5 Å². The van der Waals surface area contributed by atoms with E-state index >= 15 is 0 Å². The highest BCUT2D eigenvalue weighted by Gasteiger charge is 2.18. The maximum Gasteiger partial charge on any atom is 0.244 e. The lowest BCUT2D eigenvalue weighted by atomic mass is 10.0. The van der Waals surface area contributed by atoms with Crippen molar-refractivity contribution in [1.82, 2.24) is 15.2 Å². The zero-order valence-electron chi connectivity index (χ0n) is 11.4. The Morgan fingerprint density at radius 3 is 3.17 bits per heavy atom. The predicted molar refractivity (Wildman–Crippen MR) is 73.8 cm³/mol.